The van der Waals surface area contributed by atoms with E-state index in [0.717, 1.165) is 25.2 Å². The van der Waals surface area contributed by atoms with Crippen molar-refractivity contribution in [2.24, 2.45) is 11.7 Å². The third-order valence-electron chi connectivity index (χ3n) is 3.05. The van der Waals surface area contributed by atoms with Gasteiger partial charge in [-0.25, -0.2) is 4.98 Å². The van der Waals surface area contributed by atoms with Gasteiger partial charge in [0.15, 0.2) is 0 Å². The lowest BCUT2D eigenvalue weighted by Gasteiger charge is -2.11. The van der Waals surface area contributed by atoms with Crippen LogP contribution in [0.2, 0.25) is 0 Å². The molecule has 1 heterocycles. The molecular formula is C12H16N4. The summed E-state index contributed by atoms with van der Waals surface area (Å²) in [5, 5.41) is 11.9. The van der Waals surface area contributed by atoms with Crippen LogP contribution in [-0.2, 0) is 0 Å². The van der Waals surface area contributed by atoms with Gasteiger partial charge in [0.1, 0.15) is 11.9 Å². The summed E-state index contributed by atoms with van der Waals surface area (Å²) in [6.07, 6.45) is 5.02. The van der Waals surface area contributed by atoms with Crippen molar-refractivity contribution in [2.75, 3.05) is 11.9 Å². The molecule has 0 radical (unpaired) electrons. The summed E-state index contributed by atoms with van der Waals surface area (Å²) < 4.78 is 0. The largest absolute Gasteiger partial charge is 0.370 e. The molecule has 4 nitrogen and oxygen atoms in total. The van der Waals surface area contributed by atoms with Crippen molar-refractivity contribution in [1.82, 2.24) is 4.98 Å². The molecule has 1 aromatic heterocycles. The number of nitrogens with one attached hydrogen (secondary N) is 1. The maximum atomic E-state index is 8.64. The molecule has 1 saturated carbocycles. The van der Waals surface area contributed by atoms with Gasteiger partial charge in [0.2, 0.25) is 0 Å². The van der Waals surface area contributed by atoms with Crippen LogP contribution in [0.25, 0.3) is 0 Å². The van der Waals surface area contributed by atoms with Crippen LogP contribution < -0.4 is 11.1 Å². The zero-order valence-corrected chi connectivity index (χ0v) is 9.19. The summed E-state index contributed by atoms with van der Waals surface area (Å²) in [5.74, 6) is 1.49. The summed E-state index contributed by atoms with van der Waals surface area (Å²) in [5.41, 5.74) is 6.44. The molecule has 2 atom stereocenters. The number of nitrogens with two attached hydrogens (primary N) is 1. The fraction of sp³-hybridized carbons (Fsp3) is 0.500. The number of nitriles is 1. The maximum absolute atomic E-state index is 8.64. The minimum absolute atomic E-state index is 0.376. The molecule has 1 aliphatic carbocycles. The van der Waals surface area contributed by atoms with Crippen molar-refractivity contribution in [3.8, 4) is 6.07 Å². The van der Waals surface area contributed by atoms with Gasteiger partial charge in [0.25, 0.3) is 0 Å². The van der Waals surface area contributed by atoms with Crippen LogP contribution >= 0.6 is 0 Å². The molecular weight excluding hydrogens is 200 g/mol. The van der Waals surface area contributed by atoms with Gasteiger partial charge >= 0.3 is 0 Å². The standard InChI is InChI=1S/C12H16N4/c13-6-10-2-4-12(16-8-10)15-7-9-1-3-11(14)5-9/h2,4,8-9,11H,1,3,5,7,14H2,(H,15,16). The molecule has 1 aliphatic rings. The predicted molar refractivity (Wildman–Crippen MR) is 62.8 cm³/mol. The molecule has 2 rings (SSSR count). The van der Waals surface area contributed by atoms with Crippen LogP contribution in [0, 0.1) is 17.2 Å². The Kier molecular flexibility index (Phi) is 3.37. The lowest BCUT2D eigenvalue weighted by atomic mass is 10.1. The highest BCUT2D eigenvalue weighted by molar-refractivity contribution is 5.38. The van der Waals surface area contributed by atoms with Gasteiger partial charge in [0, 0.05) is 18.8 Å². The Morgan fingerprint density at radius 3 is 2.94 bits per heavy atom. The number of hydrogen-bond donors (Lipinski definition) is 2. The molecule has 1 aromatic rings. The molecule has 2 unspecified atom stereocenters. The number of hydrogen-bond acceptors (Lipinski definition) is 4. The van der Waals surface area contributed by atoms with E-state index in [1.807, 2.05) is 6.07 Å². The Bertz CT molecular complexity index is 379. The smallest absolute Gasteiger partial charge is 0.125 e. The van der Waals surface area contributed by atoms with Crippen LogP contribution in [0.5, 0.6) is 0 Å². The van der Waals surface area contributed by atoms with E-state index in [0.29, 0.717) is 17.5 Å². The van der Waals surface area contributed by atoms with Crippen molar-refractivity contribution >= 4 is 5.82 Å². The predicted octanol–water partition coefficient (Wildman–Crippen LogP) is 1.49. The molecule has 0 bridgehead atoms. The lowest BCUT2D eigenvalue weighted by Crippen LogP contribution is -2.17. The van der Waals surface area contributed by atoms with E-state index in [-0.39, 0.29) is 0 Å². The van der Waals surface area contributed by atoms with Gasteiger partial charge in [0.05, 0.1) is 5.56 Å². The number of aromatic nitrogens is 1. The first-order chi connectivity index (χ1) is 7.78. The normalized spacial score (nSPS) is 24.0. The quantitative estimate of drug-likeness (QED) is 0.802. The second kappa shape index (κ2) is 4.95. The molecule has 16 heavy (non-hydrogen) atoms. The van der Waals surface area contributed by atoms with Crippen molar-refractivity contribution in [3.63, 3.8) is 0 Å². The zero-order valence-electron chi connectivity index (χ0n) is 9.19. The molecule has 0 aliphatic heterocycles. The van der Waals surface area contributed by atoms with Crippen LogP contribution in [0.3, 0.4) is 0 Å². The first-order valence-corrected chi connectivity index (χ1v) is 5.63. The fourth-order valence-electron chi connectivity index (χ4n) is 2.11. The maximum Gasteiger partial charge on any atom is 0.125 e. The number of rotatable bonds is 3. The highest BCUT2D eigenvalue weighted by atomic mass is 15.0. The summed E-state index contributed by atoms with van der Waals surface area (Å²) in [7, 11) is 0. The number of pyridine rings is 1. The van der Waals surface area contributed by atoms with Crippen molar-refractivity contribution in [1.29, 1.82) is 5.26 Å². The van der Waals surface area contributed by atoms with Gasteiger partial charge in [-0.2, -0.15) is 5.26 Å². The highest BCUT2D eigenvalue weighted by Gasteiger charge is 2.21. The Hall–Kier alpha value is -1.60. The third-order valence-corrected chi connectivity index (χ3v) is 3.05. The third kappa shape index (κ3) is 2.71. The summed E-state index contributed by atoms with van der Waals surface area (Å²) in [6.45, 7) is 0.923. The Morgan fingerprint density at radius 1 is 1.50 bits per heavy atom. The monoisotopic (exact) mass is 216 g/mol. The summed E-state index contributed by atoms with van der Waals surface area (Å²) in [6, 6.07) is 6.04. The van der Waals surface area contributed by atoms with Gasteiger partial charge in [-0.05, 0) is 37.3 Å². The minimum atomic E-state index is 0.376. The van der Waals surface area contributed by atoms with E-state index in [4.69, 9.17) is 11.0 Å². The fourth-order valence-corrected chi connectivity index (χ4v) is 2.11. The summed E-state index contributed by atoms with van der Waals surface area (Å²) >= 11 is 0. The number of nitrogens with zero attached hydrogens (tertiary/aromatic N) is 2. The van der Waals surface area contributed by atoms with E-state index in [1.54, 1.807) is 12.3 Å². The molecule has 3 N–H and O–H groups in total. The van der Waals surface area contributed by atoms with Crippen molar-refractivity contribution < 1.29 is 0 Å². The molecule has 84 valence electrons. The van der Waals surface area contributed by atoms with Crippen LogP contribution in [0.4, 0.5) is 5.82 Å². The van der Waals surface area contributed by atoms with E-state index >= 15 is 0 Å². The van der Waals surface area contributed by atoms with Gasteiger partial charge < -0.3 is 11.1 Å². The molecule has 0 spiro atoms. The Labute approximate surface area is 95.5 Å². The van der Waals surface area contributed by atoms with Crippen LogP contribution in [0.15, 0.2) is 18.3 Å². The van der Waals surface area contributed by atoms with Gasteiger partial charge in [-0.1, -0.05) is 0 Å². The van der Waals surface area contributed by atoms with E-state index in [2.05, 4.69) is 16.4 Å². The van der Waals surface area contributed by atoms with E-state index < -0.39 is 0 Å². The van der Waals surface area contributed by atoms with Crippen molar-refractivity contribution in [2.45, 2.75) is 25.3 Å². The highest BCUT2D eigenvalue weighted by Crippen LogP contribution is 2.24. The molecule has 0 amide bonds. The average Bonchev–Trinajstić information content (AvgIpc) is 2.73. The summed E-state index contributed by atoms with van der Waals surface area (Å²) in [4.78, 5) is 4.16. The zero-order chi connectivity index (χ0) is 11.4. The average molecular weight is 216 g/mol. The molecule has 0 aromatic carbocycles. The Balaban J connectivity index is 1.83. The molecule has 1 fully saturated rings. The Morgan fingerprint density at radius 2 is 2.38 bits per heavy atom. The van der Waals surface area contributed by atoms with Gasteiger partial charge in [-0.3, -0.25) is 0 Å². The second-order valence-electron chi connectivity index (χ2n) is 4.36. The topological polar surface area (TPSA) is 74.7 Å². The molecule has 0 saturated heterocycles. The lowest BCUT2D eigenvalue weighted by molar-refractivity contribution is 0.565. The molecule has 4 heteroatoms. The first-order valence-electron chi connectivity index (χ1n) is 5.63. The SMILES string of the molecule is N#Cc1ccc(NCC2CCC(N)C2)nc1. The van der Waals surface area contributed by atoms with Crippen LogP contribution in [0.1, 0.15) is 24.8 Å². The van der Waals surface area contributed by atoms with Crippen molar-refractivity contribution in [3.05, 3.63) is 23.9 Å². The minimum Gasteiger partial charge on any atom is -0.370 e. The van der Waals surface area contributed by atoms with E-state index in [9.17, 15) is 0 Å². The van der Waals surface area contributed by atoms with E-state index in [1.165, 1.54) is 6.42 Å². The number of anilines is 1. The van der Waals surface area contributed by atoms with Gasteiger partial charge in [-0.15, -0.1) is 0 Å². The van der Waals surface area contributed by atoms with Crippen LogP contribution in [-0.4, -0.2) is 17.6 Å². The second-order valence-corrected chi connectivity index (χ2v) is 4.36. The first kappa shape index (κ1) is 10.9.